The molecule has 0 fully saturated rings. The zero-order valence-corrected chi connectivity index (χ0v) is 8.67. The number of halogens is 2. The molecule has 0 saturated carbocycles. The predicted octanol–water partition coefficient (Wildman–Crippen LogP) is 2.70. The quantitative estimate of drug-likeness (QED) is 0.819. The van der Waals surface area contributed by atoms with Crippen LogP contribution in [0.1, 0.15) is 24.5 Å². The smallest absolute Gasteiger partial charge is 0.387 e. The second-order valence-electron chi connectivity index (χ2n) is 3.24. The summed E-state index contributed by atoms with van der Waals surface area (Å²) in [5.41, 5.74) is 6.89. The van der Waals surface area contributed by atoms with Crippen molar-refractivity contribution in [2.45, 2.75) is 32.9 Å². The lowest BCUT2D eigenvalue weighted by atomic mass is 10.0. The SMILES string of the molecule is CCCc1cccc(CN)c1OC(F)F. The van der Waals surface area contributed by atoms with Gasteiger partial charge in [0.1, 0.15) is 5.75 Å². The van der Waals surface area contributed by atoms with E-state index in [1.165, 1.54) is 0 Å². The molecule has 0 amide bonds. The standard InChI is InChI=1S/C11H15F2NO/c1-2-4-8-5-3-6-9(7-14)10(8)15-11(12)13/h3,5-6,11H,2,4,7,14H2,1H3. The predicted molar refractivity (Wildman–Crippen MR) is 55.0 cm³/mol. The van der Waals surface area contributed by atoms with E-state index in [1.54, 1.807) is 12.1 Å². The van der Waals surface area contributed by atoms with Crippen LogP contribution in [0.25, 0.3) is 0 Å². The van der Waals surface area contributed by atoms with Crippen molar-refractivity contribution in [1.29, 1.82) is 0 Å². The number of hydrogen-bond donors (Lipinski definition) is 1. The molecule has 15 heavy (non-hydrogen) atoms. The Bertz CT molecular complexity index is 315. The van der Waals surface area contributed by atoms with Crippen LogP contribution in [0, 0.1) is 0 Å². The van der Waals surface area contributed by atoms with Crippen molar-refractivity contribution in [2.24, 2.45) is 5.73 Å². The molecule has 1 aromatic rings. The largest absolute Gasteiger partial charge is 0.434 e. The molecule has 0 aromatic heterocycles. The molecular formula is C11H15F2NO. The molecule has 0 aliphatic carbocycles. The lowest BCUT2D eigenvalue weighted by Crippen LogP contribution is -2.09. The number of para-hydroxylation sites is 1. The molecule has 0 bridgehead atoms. The highest BCUT2D eigenvalue weighted by Crippen LogP contribution is 2.26. The fourth-order valence-corrected chi connectivity index (χ4v) is 1.51. The Morgan fingerprint density at radius 2 is 2.00 bits per heavy atom. The second-order valence-corrected chi connectivity index (χ2v) is 3.24. The first-order valence-electron chi connectivity index (χ1n) is 4.94. The van der Waals surface area contributed by atoms with E-state index >= 15 is 0 Å². The second kappa shape index (κ2) is 5.66. The molecule has 0 heterocycles. The Morgan fingerprint density at radius 3 is 2.53 bits per heavy atom. The lowest BCUT2D eigenvalue weighted by molar-refractivity contribution is -0.0510. The van der Waals surface area contributed by atoms with Gasteiger partial charge < -0.3 is 10.5 Å². The third-order valence-electron chi connectivity index (χ3n) is 2.12. The van der Waals surface area contributed by atoms with Crippen LogP contribution in [-0.4, -0.2) is 6.61 Å². The van der Waals surface area contributed by atoms with E-state index in [-0.39, 0.29) is 12.3 Å². The van der Waals surface area contributed by atoms with Gasteiger partial charge in [-0.15, -0.1) is 0 Å². The number of ether oxygens (including phenoxy) is 1. The van der Waals surface area contributed by atoms with Crippen molar-refractivity contribution in [1.82, 2.24) is 0 Å². The van der Waals surface area contributed by atoms with E-state index in [4.69, 9.17) is 5.73 Å². The van der Waals surface area contributed by atoms with Crippen LogP contribution in [-0.2, 0) is 13.0 Å². The van der Waals surface area contributed by atoms with Crippen LogP contribution in [0.3, 0.4) is 0 Å². The summed E-state index contributed by atoms with van der Waals surface area (Å²) in [6, 6.07) is 5.31. The zero-order chi connectivity index (χ0) is 11.3. The highest BCUT2D eigenvalue weighted by atomic mass is 19.3. The van der Waals surface area contributed by atoms with Gasteiger partial charge in [0.05, 0.1) is 0 Å². The average molecular weight is 215 g/mol. The Kier molecular flexibility index (Phi) is 4.49. The molecule has 0 spiro atoms. The van der Waals surface area contributed by atoms with E-state index in [2.05, 4.69) is 4.74 Å². The number of aryl methyl sites for hydroxylation is 1. The first-order chi connectivity index (χ1) is 7.19. The summed E-state index contributed by atoms with van der Waals surface area (Å²) in [5.74, 6) is 0.247. The summed E-state index contributed by atoms with van der Waals surface area (Å²) in [7, 11) is 0. The van der Waals surface area contributed by atoms with Crippen LogP contribution >= 0.6 is 0 Å². The van der Waals surface area contributed by atoms with E-state index in [9.17, 15) is 8.78 Å². The van der Waals surface area contributed by atoms with Gasteiger partial charge in [0.15, 0.2) is 0 Å². The first-order valence-corrected chi connectivity index (χ1v) is 4.94. The summed E-state index contributed by atoms with van der Waals surface area (Å²) in [6.45, 7) is -0.603. The molecule has 1 aromatic carbocycles. The Balaban J connectivity index is 3.02. The van der Waals surface area contributed by atoms with E-state index in [0.717, 1.165) is 18.4 Å². The Morgan fingerprint density at radius 1 is 1.33 bits per heavy atom. The van der Waals surface area contributed by atoms with Gasteiger partial charge in [0.2, 0.25) is 0 Å². The number of rotatable bonds is 5. The summed E-state index contributed by atoms with van der Waals surface area (Å²) >= 11 is 0. The van der Waals surface area contributed by atoms with Crippen molar-refractivity contribution in [3.05, 3.63) is 29.3 Å². The summed E-state index contributed by atoms with van der Waals surface area (Å²) in [6.07, 6.45) is 1.60. The van der Waals surface area contributed by atoms with Gasteiger partial charge in [-0.25, -0.2) is 0 Å². The fraction of sp³-hybridized carbons (Fsp3) is 0.455. The van der Waals surface area contributed by atoms with Crippen molar-refractivity contribution < 1.29 is 13.5 Å². The molecule has 4 heteroatoms. The summed E-state index contributed by atoms with van der Waals surface area (Å²) in [4.78, 5) is 0. The average Bonchev–Trinajstić information content (AvgIpc) is 2.20. The number of alkyl halides is 2. The van der Waals surface area contributed by atoms with E-state index < -0.39 is 6.61 Å². The van der Waals surface area contributed by atoms with Gasteiger partial charge in [-0.1, -0.05) is 31.5 Å². The minimum absolute atomic E-state index is 0.208. The fourth-order valence-electron chi connectivity index (χ4n) is 1.51. The molecule has 0 saturated heterocycles. The van der Waals surface area contributed by atoms with Gasteiger partial charge >= 0.3 is 6.61 Å². The Labute approximate surface area is 88.0 Å². The van der Waals surface area contributed by atoms with Crippen LogP contribution in [0.15, 0.2) is 18.2 Å². The molecule has 0 aliphatic heterocycles. The maximum atomic E-state index is 12.2. The highest BCUT2D eigenvalue weighted by molar-refractivity contribution is 5.41. The maximum Gasteiger partial charge on any atom is 0.387 e. The lowest BCUT2D eigenvalue weighted by Gasteiger charge is -2.13. The molecular weight excluding hydrogens is 200 g/mol. The number of hydrogen-bond acceptors (Lipinski definition) is 2. The third kappa shape index (κ3) is 3.16. The van der Waals surface area contributed by atoms with Crippen LogP contribution in [0.5, 0.6) is 5.75 Å². The van der Waals surface area contributed by atoms with E-state index in [0.29, 0.717) is 5.56 Å². The van der Waals surface area contributed by atoms with Crippen molar-refractivity contribution in [3.63, 3.8) is 0 Å². The minimum atomic E-state index is -2.80. The van der Waals surface area contributed by atoms with E-state index in [1.807, 2.05) is 13.0 Å². The molecule has 2 nitrogen and oxygen atoms in total. The number of nitrogens with two attached hydrogens (primary N) is 1. The van der Waals surface area contributed by atoms with Gasteiger partial charge in [-0.05, 0) is 12.0 Å². The van der Waals surface area contributed by atoms with Gasteiger partial charge in [0, 0.05) is 12.1 Å². The molecule has 2 N–H and O–H groups in total. The van der Waals surface area contributed by atoms with Crippen molar-refractivity contribution >= 4 is 0 Å². The van der Waals surface area contributed by atoms with Gasteiger partial charge in [-0.2, -0.15) is 8.78 Å². The maximum absolute atomic E-state index is 12.2. The molecule has 0 aliphatic rings. The molecule has 84 valence electrons. The highest BCUT2D eigenvalue weighted by Gasteiger charge is 2.12. The van der Waals surface area contributed by atoms with Crippen molar-refractivity contribution in [3.8, 4) is 5.75 Å². The molecule has 0 radical (unpaired) electrons. The third-order valence-corrected chi connectivity index (χ3v) is 2.12. The summed E-state index contributed by atoms with van der Waals surface area (Å²) in [5, 5.41) is 0. The number of benzene rings is 1. The first kappa shape index (κ1) is 11.9. The Hall–Kier alpha value is -1.16. The van der Waals surface area contributed by atoms with Crippen LogP contribution in [0.2, 0.25) is 0 Å². The van der Waals surface area contributed by atoms with Crippen molar-refractivity contribution in [2.75, 3.05) is 0 Å². The monoisotopic (exact) mass is 215 g/mol. The van der Waals surface area contributed by atoms with Crippen LogP contribution in [0.4, 0.5) is 8.78 Å². The molecule has 0 unspecified atom stereocenters. The molecule has 0 atom stereocenters. The van der Waals surface area contributed by atoms with Crippen LogP contribution < -0.4 is 10.5 Å². The van der Waals surface area contributed by atoms with Gasteiger partial charge in [-0.3, -0.25) is 0 Å². The normalized spacial score (nSPS) is 10.7. The minimum Gasteiger partial charge on any atom is -0.434 e. The molecule has 1 rings (SSSR count). The summed E-state index contributed by atoms with van der Waals surface area (Å²) < 4.78 is 28.9. The zero-order valence-electron chi connectivity index (χ0n) is 8.67. The van der Waals surface area contributed by atoms with Gasteiger partial charge in [0.25, 0.3) is 0 Å². The topological polar surface area (TPSA) is 35.2 Å².